The maximum absolute atomic E-state index is 13.1. The predicted molar refractivity (Wildman–Crippen MR) is 76.7 cm³/mol. The molecule has 22 heavy (non-hydrogen) atoms. The Labute approximate surface area is 127 Å². The van der Waals surface area contributed by atoms with Gasteiger partial charge in [-0.25, -0.2) is 4.39 Å². The van der Waals surface area contributed by atoms with Crippen molar-refractivity contribution in [3.8, 4) is 0 Å². The summed E-state index contributed by atoms with van der Waals surface area (Å²) in [7, 11) is 0. The Morgan fingerprint density at radius 2 is 2.18 bits per heavy atom. The zero-order chi connectivity index (χ0) is 15.7. The average molecular weight is 304 g/mol. The highest BCUT2D eigenvalue weighted by Gasteiger charge is 2.37. The number of aryl methyl sites for hydroxylation is 1. The molecule has 1 aromatic heterocycles. The Morgan fingerprint density at radius 3 is 2.86 bits per heavy atom. The number of hydrogen-bond acceptors (Lipinski definition) is 4. The van der Waals surface area contributed by atoms with Crippen molar-refractivity contribution < 1.29 is 18.8 Å². The number of β-amino-alcohol motifs (C(OH)–C–C–N with tert-alkyl or cyclic N) is 1. The van der Waals surface area contributed by atoms with Crippen LogP contribution in [0.3, 0.4) is 0 Å². The fourth-order valence-corrected chi connectivity index (χ4v) is 2.89. The van der Waals surface area contributed by atoms with Crippen LogP contribution in [-0.2, 0) is 6.42 Å². The molecule has 6 heteroatoms. The van der Waals surface area contributed by atoms with Crippen molar-refractivity contribution in [2.24, 2.45) is 0 Å². The van der Waals surface area contributed by atoms with Gasteiger partial charge in [0, 0.05) is 13.0 Å². The number of carbonyl (C=O) groups excluding carboxylic acids is 1. The predicted octanol–water partition coefficient (Wildman–Crippen LogP) is 2.32. The van der Waals surface area contributed by atoms with Crippen molar-refractivity contribution in [1.29, 1.82) is 0 Å². The third-order valence-corrected chi connectivity index (χ3v) is 3.99. The van der Waals surface area contributed by atoms with E-state index in [0.29, 0.717) is 24.2 Å². The molecule has 1 aliphatic heterocycles. The molecule has 0 saturated carbocycles. The zero-order valence-corrected chi connectivity index (χ0v) is 12.2. The van der Waals surface area contributed by atoms with Gasteiger partial charge in [-0.05, 0) is 24.1 Å². The molecule has 1 aliphatic rings. The fourth-order valence-electron chi connectivity index (χ4n) is 2.89. The third-order valence-electron chi connectivity index (χ3n) is 3.99. The average Bonchev–Trinajstić information content (AvgIpc) is 3.13. The molecule has 1 saturated heterocycles. The monoisotopic (exact) mass is 304 g/mol. The lowest BCUT2D eigenvalue weighted by Crippen LogP contribution is -2.32. The van der Waals surface area contributed by atoms with Gasteiger partial charge in [-0.3, -0.25) is 4.79 Å². The number of aliphatic hydroxyl groups excluding tert-OH is 1. The first-order chi connectivity index (χ1) is 10.6. The first-order valence-electron chi connectivity index (χ1n) is 7.28. The van der Waals surface area contributed by atoms with Gasteiger partial charge in [0.2, 0.25) is 0 Å². The van der Waals surface area contributed by atoms with E-state index in [1.807, 2.05) is 6.92 Å². The molecule has 3 rings (SSSR count). The Morgan fingerprint density at radius 1 is 1.45 bits per heavy atom. The van der Waals surface area contributed by atoms with E-state index in [-0.39, 0.29) is 24.3 Å². The topological polar surface area (TPSA) is 66.6 Å². The molecule has 0 bridgehead atoms. The number of carbonyl (C=O) groups is 1. The second-order valence-electron chi connectivity index (χ2n) is 5.43. The lowest BCUT2D eigenvalue weighted by molar-refractivity contribution is 0.0713. The Kier molecular flexibility index (Phi) is 3.94. The molecule has 1 N–H and O–H groups in total. The Bertz CT molecular complexity index is 668. The molecule has 2 atom stereocenters. The summed E-state index contributed by atoms with van der Waals surface area (Å²) in [6.07, 6.45) is 1.82. The molecule has 5 nitrogen and oxygen atoms in total. The summed E-state index contributed by atoms with van der Waals surface area (Å²) in [6.45, 7) is 2.13. The Hall–Kier alpha value is -2.21. The summed E-state index contributed by atoms with van der Waals surface area (Å²) in [5.41, 5.74) is 1.23. The second kappa shape index (κ2) is 5.88. The van der Waals surface area contributed by atoms with Gasteiger partial charge in [0.1, 0.15) is 17.1 Å². The molecule has 1 amide bonds. The SMILES string of the molecule is CCc1oncc1C(=O)N1C[C@H](O)C[C@@H]1c1ccc(F)cc1. The van der Waals surface area contributed by atoms with Crippen molar-refractivity contribution in [1.82, 2.24) is 10.1 Å². The van der Waals surface area contributed by atoms with E-state index in [1.54, 1.807) is 17.0 Å². The van der Waals surface area contributed by atoms with E-state index in [9.17, 15) is 14.3 Å². The minimum atomic E-state index is -0.594. The van der Waals surface area contributed by atoms with Gasteiger partial charge in [-0.1, -0.05) is 24.2 Å². The van der Waals surface area contributed by atoms with Gasteiger partial charge in [0.25, 0.3) is 5.91 Å². The van der Waals surface area contributed by atoms with Crippen molar-refractivity contribution in [2.45, 2.75) is 31.9 Å². The number of benzene rings is 1. The first-order valence-corrected chi connectivity index (χ1v) is 7.28. The maximum atomic E-state index is 13.1. The molecule has 0 aliphatic carbocycles. The quantitative estimate of drug-likeness (QED) is 0.945. The van der Waals surface area contributed by atoms with Crippen molar-refractivity contribution >= 4 is 5.91 Å². The molecule has 0 spiro atoms. The minimum absolute atomic E-state index is 0.219. The number of rotatable bonds is 3. The van der Waals surface area contributed by atoms with Crippen LogP contribution in [0.15, 0.2) is 35.0 Å². The minimum Gasteiger partial charge on any atom is -0.391 e. The van der Waals surface area contributed by atoms with E-state index in [0.717, 1.165) is 5.56 Å². The number of aliphatic hydroxyl groups is 1. The standard InChI is InChI=1S/C16H17FN2O3/c1-2-15-13(8-18-22-15)16(21)19-9-12(20)7-14(19)10-3-5-11(17)6-4-10/h3-6,8,12,14,20H,2,7,9H2,1H3/t12-,14-/m1/s1. The number of likely N-dealkylation sites (tertiary alicyclic amines) is 1. The van der Waals surface area contributed by atoms with Gasteiger partial charge in [-0.2, -0.15) is 0 Å². The fraction of sp³-hybridized carbons (Fsp3) is 0.375. The lowest BCUT2D eigenvalue weighted by Gasteiger charge is -2.24. The third kappa shape index (κ3) is 2.62. The number of hydrogen-bond donors (Lipinski definition) is 1. The molecule has 1 aromatic carbocycles. The summed E-state index contributed by atoms with van der Waals surface area (Å²) in [5.74, 6) is -0.0132. The van der Waals surface area contributed by atoms with Crippen LogP contribution in [0.5, 0.6) is 0 Å². The highest BCUT2D eigenvalue weighted by Crippen LogP contribution is 2.34. The van der Waals surface area contributed by atoms with Crippen molar-refractivity contribution in [2.75, 3.05) is 6.54 Å². The van der Waals surface area contributed by atoms with Crippen LogP contribution in [-0.4, -0.2) is 33.7 Å². The van der Waals surface area contributed by atoms with Gasteiger partial charge in [0.15, 0.2) is 0 Å². The van der Waals surface area contributed by atoms with E-state index in [1.165, 1.54) is 18.3 Å². The summed E-state index contributed by atoms with van der Waals surface area (Å²) in [6, 6.07) is 5.74. The van der Waals surface area contributed by atoms with Gasteiger partial charge < -0.3 is 14.5 Å². The summed E-state index contributed by atoms with van der Waals surface area (Å²) >= 11 is 0. The van der Waals surface area contributed by atoms with Crippen LogP contribution >= 0.6 is 0 Å². The number of halogens is 1. The largest absolute Gasteiger partial charge is 0.391 e. The van der Waals surface area contributed by atoms with E-state index in [4.69, 9.17) is 4.52 Å². The first kappa shape index (κ1) is 14.7. The number of aromatic nitrogens is 1. The second-order valence-corrected chi connectivity index (χ2v) is 5.43. The normalized spacial score (nSPS) is 21.3. The van der Waals surface area contributed by atoms with Crippen molar-refractivity contribution in [3.63, 3.8) is 0 Å². The molecule has 116 valence electrons. The van der Waals surface area contributed by atoms with Gasteiger partial charge in [0.05, 0.1) is 18.3 Å². The zero-order valence-electron chi connectivity index (χ0n) is 12.2. The van der Waals surface area contributed by atoms with Crippen LogP contribution in [0.4, 0.5) is 4.39 Å². The molecule has 2 heterocycles. The smallest absolute Gasteiger partial charge is 0.259 e. The highest BCUT2D eigenvalue weighted by molar-refractivity contribution is 5.95. The summed E-state index contributed by atoms with van der Waals surface area (Å²) < 4.78 is 18.1. The summed E-state index contributed by atoms with van der Waals surface area (Å²) in [5, 5.41) is 13.6. The van der Waals surface area contributed by atoms with E-state index in [2.05, 4.69) is 5.16 Å². The van der Waals surface area contributed by atoms with E-state index >= 15 is 0 Å². The molecule has 0 radical (unpaired) electrons. The Balaban J connectivity index is 1.90. The summed E-state index contributed by atoms with van der Waals surface area (Å²) in [4.78, 5) is 14.3. The van der Waals surface area contributed by atoms with Gasteiger partial charge >= 0.3 is 0 Å². The lowest BCUT2D eigenvalue weighted by atomic mass is 10.0. The van der Waals surface area contributed by atoms with Crippen LogP contribution in [0.25, 0.3) is 0 Å². The van der Waals surface area contributed by atoms with Crippen LogP contribution < -0.4 is 0 Å². The van der Waals surface area contributed by atoms with Crippen LogP contribution in [0.1, 0.15) is 41.1 Å². The number of amides is 1. The van der Waals surface area contributed by atoms with E-state index < -0.39 is 6.10 Å². The van der Waals surface area contributed by atoms with Crippen LogP contribution in [0, 0.1) is 5.82 Å². The molecular weight excluding hydrogens is 287 g/mol. The van der Waals surface area contributed by atoms with Crippen molar-refractivity contribution in [3.05, 3.63) is 53.2 Å². The maximum Gasteiger partial charge on any atom is 0.259 e. The van der Waals surface area contributed by atoms with Gasteiger partial charge in [-0.15, -0.1) is 0 Å². The molecule has 2 aromatic rings. The molecule has 0 unspecified atom stereocenters. The molecule has 1 fully saturated rings. The number of nitrogens with zero attached hydrogens (tertiary/aromatic N) is 2. The molecular formula is C16H17FN2O3. The van der Waals surface area contributed by atoms with Crippen LogP contribution in [0.2, 0.25) is 0 Å². The highest BCUT2D eigenvalue weighted by atomic mass is 19.1.